The van der Waals surface area contributed by atoms with Gasteiger partial charge in [0.05, 0.1) is 0 Å². The summed E-state index contributed by atoms with van der Waals surface area (Å²) >= 11 is 0. The summed E-state index contributed by atoms with van der Waals surface area (Å²) < 4.78 is 17.0. The first-order valence-electron chi connectivity index (χ1n) is 32.5. The van der Waals surface area contributed by atoms with Crippen LogP contribution in [0.25, 0.3) is 0 Å². The van der Waals surface area contributed by atoms with E-state index in [2.05, 4.69) is 57.2 Å². The summed E-state index contributed by atoms with van der Waals surface area (Å²) in [7, 11) is 0. The maximum atomic E-state index is 12.9. The largest absolute Gasteiger partial charge is 0.462 e. The van der Waals surface area contributed by atoms with Crippen LogP contribution in [0.2, 0.25) is 0 Å². The Hall–Kier alpha value is -2.37. The van der Waals surface area contributed by atoms with Crippen LogP contribution in [0.4, 0.5) is 0 Å². The first-order valence-corrected chi connectivity index (χ1v) is 32.5. The highest BCUT2D eigenvalue weighted by molar-refractivity contribution is 5.71. The summed E-state index contributed by atoms with van der Waals surface area (Å²) in [5, 5.41) is 0. The molecule has 0 fully saturated rings. The van der Waals surface area contributed by atoms with Crippen LogP contribution < -0.4 is 0 Å². The summed E-state index contributed by atoms with van der Waals surface area (Å²) in [6.45, 7) is 6.66. The van der Waals surface area contributed by atoms with Gasteiger partial charge in [-0.25, -0.2) is 0 Å². The van der Waals surface area contributed by atoms with E-state index in [0.29, 0.717) is 19.3 Å². The second kappa shape index (κ2) is 62.2. The Bertz CT molecular complexity index is 1220. The minimum atomic E-state index is -0.774. The summed E-state index contributed by atoms with van der Waals surface area (Å²) in [6.07, 6.45) is 75.7. The zero-order valence-electron chi connectivity index (χ0n) is 49.2. The van der Waals surface area contributed by atoms with Gasteiger partial charge in [-0.3, -0.25) is 14.4 Å². The lowest BCUT2D eigenvalue weighted by molar-refractivity contribution is -0.167. The Labute approximate surface area is 455 Å². The van der Waals surface area contributed by atoms with E-state index < -0.39 is 6.10 Å². The van der Waals surface area contributed by atoms with E-state index in [1.54, 1.807) is 0 Å². The van der Waals surface area contributed by atoms with Crippen LogP contribution in [0.15, 0.2) is 36.5 Å². The Morgan fingerprint density at radius 1 is 0.274 bits per heavy atom. The lowest BCUT2D eigenvalue weighted by Gasteiger charge is -2.18. The molecule has 0 heterocycles. The monoisotopic (exact) mass is 1020 g/mol. The molecule has 0 saturated heterocycles. The maximum absolute atomic E-state index is 12.9. The van der Waals surface area contributed by atoms with Crippen LogP contribution in [0.3, 0.4) is 0 Å². The van der Waals surface area contributed by atoms with Crippen molar-refractivity contribution in [2.45, 2.75) is 361 Å². The minimum absolute atomic E-state index is 0.0715. The number of unbranched alkanes of at least 4 members (excludes halogenated alkanes) is 43. The number of ether oxygens (including phenoxy) is 3. The molecular formula is C67H124O6. The first kappa shape index (κ1) is 70.6. The number of carbonyl (C=O) groups excluding carboxylic acids is 3. The molecule has 73 heavy (non-hydrogen) atoms. The number of rotatable bonds is 60. The van der Waals surface area contributed by atoms with Crippen molar-refractivity contribution in [1.29, 1.82) is 0 Å². The molecular weight excluding hydrogens is 901 g/mol. The Kier molecular flexibility index (Phi) is 60.2. The number of carbonyl (C=O) groups is 3. The van der Waals surface area contributed by atoms with Crippen LogP contribution in [-0.4, -0.2) is 37.2 Å². The SMILES string of the molecule is CCCCC/C=C\C/C=C\CCCCCCCCCCCC(=O)OC[C@H](COC(=O)CCCCCCCCC/C=C\CCCCCC)OC(=O)CCCCCCCCCCCCCCCCCCCCCCC. The molecule has 0 bridgehead atoms. The van der Waals surface area contributed by atoms with Crippen molar-refractivity contribution in [2.24, 2.45) is 0 Å². The third-order valence-corrected chi connectivity index (χ3v) is 14.6. The average molecular weight is 1030 g/mol. The van der Waals surface area contributed by atoms with Gasteiger partial charge in [-0.1, -0.05) is 295 Å². The van der Waals surface area contributed by atoms with Crippen molar-refractivity contribution >= 4 is 17.9 Å². The molecule has 0 spiro atoms. The maximum Gasteiger partial charge on any atom is 0.306 e. The van der Waals surface area contributed by atoms with E-state index in [9.17, 15) is 14.4 Å². The van der Waals surface area contributed by atoms with Crippen LogP contribution in [0, 0.1) is 0 Å². The van der Waals surface area contributed by atoms with Gasteiger partial charge in [-0.05, 0) is 77.0 Å². The standard InChI is InChI=1S/C67H124O6/c1-4-7-10-13-16-19-22-25-28-30-32-33-35-37-40-43-46-49-52-55-58-61-67(70)73-64(62-71-65(68)59-56-53-50-47-44-41-38-27-24-21-18-15-12-9-6-3)63-72-66(69)60-57-54-51-48-45-42-39-36-34-31-29-26-23-20-17-14-11-8-5-2/h17,20-21,24,26,29,64H,4-16,18-19,22-23,25,27-28,30-63H2,1-3H3/b20-17-,24-21-,29-26-/t64-/m0/s1. The molecule has 0 aliphatic rings. The molecule has 0 aliphatic carbocycles. The predicted octanol–water partition coefficient (Wildman–Crippen LogP) is 22.0. The number of hydrogen-bond acceptors (Lipinski definition) is 6. The molecule has 6 heteroatoms. The quantitative estimate of drug-likeness (QED) is 0.0261. The molecule has 0 aromatic heterocycles. The summed E-state index contributed by atoms with van der Waals surface area (Å²) in [4.78, 5) is 38.3. The summed E-state index contributed by atoms with van der Waals surface area (Å²) in [6, 6.07) is 0. The van der Waals surface area contributed by atoms with Crippen molar-refractivity contribution < 1.29 is 28.6 Å². The molecule has 0 aliphatic heterocycles. The first-order chi connectivity index (χ1) is 36.0. The fourth-order valence-corrected chi connectivity index (χ4v) is 9.71. The number of allylic oxidation sites excluding steroid dienone is 6. The molecule has 1 atom stereocenters. The summed E-state index contributed by atoms with van der Waals surface area (Å²) in [5.74, 6) is -0.855. The van der Waals surface area contributed by atoms with E-state index in [1.807, 2.05) is 0 Å². The predicted molar refractivity (Wildman–Crippen MR) is 316 cm³/mol. The van der Waals surface area contributed by atoms with Crippen LogP contribution >= 0.6 is 0 Å². The topological polar surface area (TPSA) is 78.9 Å². The van der Waals surface area contributed by atoms with Gasteiger partial charge in [0.2, 0.25) is 0 Å². The minimum Gasteiger partial charge on any atom is -0.462 e. The van der Waals surface area contributed by atoms with Crippen LogP contribution in [0.5, 0.6) is 0 Å². The van der Waals surface area contributed by atoms with E-state index in [1.165, 1.54) is 250 Å². The fourth-order valence-electron chi connectivity index (χ4n) is 9.71. The fraction of sp³-hybridized carbons (Fsp3) is 0.866. The van der Waals surface area contributed by atoms with Gasteiger partial charge < -0.3 is 14.2 Å². The second-order valence-electron chi connectivity index (χ2n) is 22.0. The molecule has 0 rings (SSSR count). The lowest BCUT2D eigenvalue weighted by Crippen LogP contribution is -2.30. The van der Waals surface area contributed by atoms with Crippen LogP contribution in [0.1, 0.15) is 355 Å². The van der Waals surface area contributed by atoms with Crippen molar-refractivity contribution in [3.05, 3.63) is 36.5 Å². The van der Waals surface area contributed by atoms with E-state index in [-0.39, 0.29) is 31.1 Å². The van der Waals surface area contributed by atoms with Gasteiger partial charge in [0.15, 0.2) is 6.10 Å². The van der Waals surface area contributed by atoms with Gasteiger partial charge in [0, 0.05) is 19.3 Å². The van der Waals surface area contributed by atoms with Gasteiger partial charge in [0.1, 0.15) is 13.2 Å². The molecule has 0 saturated carbocycles. The second-order valence-corrected chi connectivity index (χ2v) is 22.0. The Morgan fingerprint density at radius 3 is 0.808 bits per heavy atom. The summed E-state index contributed by atoms with van der Waals surface area (Å²) in [5.41, 5.74) is 0. The van der Waals surface area contributed by atoms with E-state index in [4.69, 9.17) is 14.2 Å². The zero-order chi connectivity index (χ0) is 52.9. The molecule has 0 aromatic carbocycles. The van der Waals surface area contributed by atoms with E-state index in [0.717, 1.165) is 64.2 Å². The van der Waals surface area contributed by atoms with Gasteiger partial charge in [0.25, 0.3) is 0 Å². The van der Waals surface area contributed by atoms with Gasteiger partial charge in [-0.2, -0.15) is 0 Å². The lowest BCUT2D eigenvalue weighted by atomic mass is 10.0. The molecule has 0 N–H and O–H groups in total. The highest BCUT2D eigenvalue weighted by atomic mass is 16.6. The Balaban J connectivity index is 4.31. The van der Waals surface area contributed by atoms with E-state index >= 15 is 0 Å². The highest BCUT2D eigenvalue weighted by Crippen LogP contribution is 2.18. The third kappa shape index (κ3) is 60.4. The number of hydrogen-bond donors (Lipinski definition) is 0. The zero-order valence-corrected chi connectivity index (χ0v) is 49.2. The molecule has 6 nitrogen and oxygen atoms in total. The molecule has 428 valence electrons. The Morgan fingerprint density at radius 2 is 0.493 bits per heavy atom. The van der Waals surface area contributed by atoms with Crippen molar-refractivity contribution in [2.75, 3.05) is 13.2 Å². The molecule has 0 unspecified atom stereocenters. The van der Waals surface area contributed by atoms with Gasteiger partial charge in [-0.15, -0.1) is 0 Å². The van der Waals surface area contributed by atoms with Crippen molar-refractivity contribution in [3.63, 3.8) is 0 Å². The smallest absolute Gasteiger partial charge is 0.306 e. The van der Waals surface area contributed by atoms with Gasteiger partial charge >= 0.3 is 17.9 Å². The molecule has 0 aromatic rings. The molecule has 0 radical (unpaired) electrons. The van der Waals surface area contributed by atoms with Crippen molar-refractivity contribution in [3.8, 4) is 0 Å². The normalized spacial score (nSPS) is 12.2. The number of esters is 3. The van der Waals surface area contributed by atoms with Crippen molar-refractivity contribution in [1.82, 2.24) is 0 Å². The highest BCUT2D eigenvalue weighted by Gasteiger charge is 2.19. The van der Waals surface area contributed by atoms with Crippen LogP contribution in [-0.2, 0) is 28.6 Å². The average Bonchev–Trinajstić information content (AvgIpc) is 3.39. The molecule has 0 amide bonds. The third-order valence-electron chi connectivity index (χ3n) is 14.6.